The van der Waals surface area contributed by atoms with Crippen LogP contribution in [0.1, 0.15) is 5.56 Å². The molecule has 2 rings (SSSR count). The highest BCUT2D eigenvalue weighted by Crippen LogP contribution is 2.20. The SMILES string of the molecule is COc1ccc(NC(=S)N/N=C\c2ccc(O)cc2O)cc1. The number of anilines is 1. The number of nitrogens with zero attached hydrogens (tertiary/aromatic N) is 1. The van der Waals surface area contributed by atoms with E-state index in [0.717, 1.165) is 11.4 Å². The maximum absolute atomic E-state index is 9.60. The van der Waals surface area contributed by atoms with Crippen molar-refractivity contribution in [2.45, 2.75) is 0 Å². The average Bonchev–Trinajstić information content (AvgIpc) is 2.50. The Morgan fingerprint density at radius 2 is 1.91 bits per heavy atom. The quantitative estimate of drug-likeness (QED) is 0.394. The maximum Gasteiger partial charge on any atom is 0.191 e. The van der Waals surface area contributed by atoms with Crippen molar-refractivity contribution >= 4 is 29.2 Å². The molecule has 114 valence electrons. The first-order valence-electron chi connectivity index (χ1n) is 6.34. The zero-order valence-electron chi connectivity index (χ0n) is 11.8. The molecule has 0 spiro atoms. The van der Waals surface area contributed by atoms with Gasteiger partial charge in [-0.05, 0) is 48.6 Å². The van der Waals surface area contributed by atoms with Gasteiger partial charge in [-0.15, -0.1) is 0 Å². The van der Waals surface area contributed by atoms with Gasteiger partial charge in [0.25, 0.3) is 0 Å². The summed E-state index contributed by atoms with van der Waals surface area (Å²) in [7, 11) is 1.60. The molecule has 6 nitrogen and oxygen atoms in total. The van der Waals surface area contributed by atoms with Gasteiger partial charge in [-0.3, -0.25) is 5.43 Å². The largest absolute Gasteiger partial charge is 0.508 e. The number of phenolic OH excluding ortho intramolecular Hbond substituents is 2. The molecule has 4 N–H and O–H groups in total. The van der Waals surface area contributed by atoms with E-state index in [1.165, 1.54) is 24.4 Å². The van der Waals surface area contributed by atoms with E-state index in [4.69, 9.17) is 17.0 Å². The molecule has 7 heteroatoms. The van der Waals surface area contributed by atoms with Gasteiger partial charge in [0.1, 0.15) is 17.2 Å². The zero-order valence-corrected chi connectivity index (χ0v) is 12.6. The van der Waals surface area contributed by atoms with Crippen LogP contribution in [-0.4, -0.2) is 28.6 Å². The number of hydrazone groups is 1. The van der Waals surface area contributed by atoms with E-state index in [1.54, 1.807) is 7.11 Å². The number of benzene rings is 2. The molecule has 0 unspecified atom stereocenters. The summed E-state index contributed by atoms with van der Waals surface area (Å²) in [5.74, 6) is 0.670. The number of methoxy groups -OCH3 is 1. The van der Waals surface area contributed by atoms with Crippen LogP contribution in [0, 0.1) is 0 Å². The number of hydrogen-bond donors (Lipinski definition) is 4. The van der Waals surface area contributed by atoms with Crippen molar-refractivity contribution in [1.82, 2.24) is 5.43 Å². The Bertz CT molecular complexity index is 687. The first-order chi connectivity index (χ1) is 10.6. The topological polar surface area (TPSA) is 86.1 Å². The lowest BCUT2D eigenvalue weighted by atomic mass is 10.2. The van der Waals surface area contributed by atoms with Crippen LogP contribution in [0.2, 0.25) is 0 Å². The van der Waals surface area contributed by atoms with Gasteiger partial charge in [0.15, 0.2) is 5.11 Å². The predicted octanol–water partition coefficient (Wildman–Crippen LogP) is 2.43. The molecule has 2 aromatic carbocycles. The number of aromatic hydroxyl groups is 2. The Kier molecular flexibility index (Phi) is 5.16. The smallest absolute Gasteiger partial charge is 0.191 e. The summed E-state index contributed by atoms with van der Waals surface area (Å²) in [6.07, 6.45) is 1.40. The minimum atomic E-state index is -0.0698. The highest BCUT2D eigenvalue weighted by atomic mass is 32.1. The molecule has 0 saturated heterocycles. The molecule has 0 aliphatic heterocycles. The van der Waals surface area contributed by atoms with Gasteiger partial charge in [0, 0.05) is 17.3 Å². The Labute approximate surface area is 133 Å². The minimum Gasteiger partial charge on any atom is -0.508 e. The van der Waals surface area contributed by atoms with Gasteiger partial charge in [-0.25, -0.2) is 0 Å². The summed E-state index contributed by atoms with van der Waals surface area (Å²) < 4.78 is 5.07. The van der Waals surface area contributed by atoms with E-state index in [1.807, 2.05) is 24.3 Å². The Morgan fingerprint density at radius 3 is 2.55 bits per heavy atom. The molecule has 0 fully saturated rings. The molecular weight excluding hydrogens is 302 g/mol. The summed E-state index contributed by atoms with van der Waals surface area (Å²) in [6.45, 7) is 0. The molecule has 0 atom stereocenters. The van der Waals surface area contributed by atoms with Gasteiger partial charge < -0.3 is 20.3 Å². The van der Waals surface area contributed by atoms with Gasteiger partial charge in [-0.2, -0.15) is 5.10 Å². The summed E-state index contributed by atoms with van der Waals surface area (Å²) in [6, 6.07) is 11.5. The number of thiocarbonyl (C=S) groups is 1. The van der Waals surface area contributed by atoms with Gasteiger partial charge in [0.2, 0.25) is 0 Å². The van der Waals surface area contributed by atoms with Crippen molar-refractivity contribution in [3.8, 4) is 17.2 Å². The highest BCUT2D eigenvalue weighted by Gasteiger charge is 2.00. The van der Waals surface area contributed by atoms with E-state index in [0.29, 0.717) is 10.7 Å². The summed E-state index contributed by atoms with van der Waals surface area (Å²) in [5.41, 5.74) is 3.88. The molecule has 22 heavy (non-hydrogen) atoms. The fraction of sp³-hybridized carbons (Fsp3) is 0.0667. The first kappa shape index (κ1) is 15.6. The van der Waals surface area contributed by atoms with Crippen LogP contribution in [0.15, 0.2) is 47.6 Å². The Hall–Kier alpha value is -2.80. The second-order valence-electron chi connectivity index (χ2n) is 4.30. The van der Waals surface area contributed by atoms with Crippen molar-refractivity contribution in [2.24, 2.45) is 5.10 Å². The lowest BCUT2D eigenvalue weighted by Gasteiger charge is -2.07. The van der Waals surface area contributed by atoms with Gasteiger partial charge in [0.05, 0.1) is 13.3 Å². The number of rotatable bonds is 4. The Balaban J connectivity index is 1.90. The van der Waals surface area contributed by atoms with Crippen molar-refractivity contribution in [3.63, 3.8) is 0 Å². The van der Waals surface area contributed by atoms with Crippen molar-refractivity contribution in [2.75, 3.05) is 12.4 Å². The fourth-order valence-corrected chi connectivity index (χ4v) is 1.81. The third-order valence-electron chi connectivity index (χ3n) is 2.73. The van der Waals surface area contributed by atoms with Crippen LogP contribution in [0.25, 0.3) is 0 Å². The van der Waals surface area contributed by atoms with Gasteiger partial charge in [-0.1, -0.05) is 0 Å². The average molecular weight is 317 g/mol. The zero-order chi connectivity index (χ0) is 15.9. The van der Waals surface area contributed by atoms with Crippen molar-refractivity contribution < 1.29 is 14.9 Å². The van der Waals surface area contributed by atoms with Gasteiger partial charge >= 0.3 is 0 Å². The summed E-state index contributed by atoms with van der Waals surface area (Å²) >= 11 is 5.10. The molecule has 0 saturated carbocycles. The van der Waals surface area contributed by atoms with E-state index in [9.17, 15) is 10.2 Å². The summed E-state index contributed by atoms with van der Waals surface area (Å²) in [4.78, 5) is 0. The van der Waals surface area contributed by atoms with Crippen LogP contribution in [0.4, 0.5) is 5.69 Å². The molecule has 0 aliphatic rings. The lowest BCUT2D eigenvalue weighted by molar-refractivity contribution is 0.415. The number of ether oxygens (including phenoxy) is 1. The molecular formula is C15H15N3O3S. The van der Waals surface area contributed by atoms with E-state index in [2.05, 4.69) is 15.8 Å². The molecule has 0 heterocycles. The van der Waals surface area contributed by atoms with Crippen molar-refractivity contribution in [3.05, 3.63) is 48.0 Å². The number of hydrogen-bond acceptors (Lipinski definition) is 5. The molecule has 0 radical (unpaired) electrons. The highest BCUT2D eigenvalue weighted by molar-refractivity contribution is 7.80. The Morgan fingerprint density at radius 1 is 1.18 bits per heavy atom. The molecule has 0 aromatic heterocycles. The third kappa shape index (κ3) is 4.35. The molecule has 0 amide bonds. The monoisotopic (exact) mass is 317 g/mol. The lowest BCUT2D eigenvalue weighted by Crippen LogP contribution is -2.23. The second kappa shape index (κ2) is 7.28. The molecule has 0 bridgehead atoms. The third-order valence-corrected chi connectivity index (χ3v) is 2.92. The van der Waals surface area contributed by atoms with Crippen LogP contribution in [0.5, 0.6) is 17.2 Å². The molecule has 2 aromatic rings. The van der Waals surface area contributed by atoms with Crippen LogP contribution in [-0.2, 0) is 0 Å². The van der Waals surface area contributed by atoms with E-state index < -0.39 is 0 Å². The van der Waals surface area contributed by atoms with Crippen LogP contribution >= 0.6 is 12.2 Å². The minimum absolute atomic E-state index is 0.0145. The second-order valence-corrected chi connectivity index (χ2v) is 4.70. The van der Waals surface area contributed by atoms with Crippen molar-refractivity contribution in [1.29, 1.82) is 0 Å². The van der Waals surface area contributed by atoms with E-state index >= 15 is 0 Å². The number of phenols is 2. The normalized spacial score (nSPS) is 10.4. The maximum atomic E-state index is 9.60. The standard InChI is InChI=1S/C15H15N3O3S/c1-21-13-6-3-11(4-7-13)17-15(22)18-16-9-10-2-5-12(19)8-14(10)20/h2-9,19-20H,1H3,(H2,17,18,22)/b16-9-. The van der Waals surface area contributed by atoms with Crippen LogP contribution in [0.3, 0.4) is 0 Å². The number of nitrogens with one attached hydrogen (secondary N) is 2. The fourth-order valence-electron chi connectivity index (χ4n) is 1.64. The van der Waals surface area contributed by atoms with Crippen LogP contribution < -0.4 is 15.5 Å². The summed E-state index contributed by atoms with van der Waals surface area (Å²) in [5, 5.41) is 26.0. The molecule has 0 aliphatic carbocycles. The predicted molar refractivity (Wildman–Crippen MR) is 89.7 cm³/mol. The van der Waals surface area contributed by atoms with E-state index in [-0.39, 0.29) is 11.5 Å². The first-order valence-corrected chi connectivity index (χ1v) is 6.75.